The summed E-state index contributed by atoms with van der Waals surface area (Å²) in [7, 11) is 1.87. The van der Waals surface area contributed by atoms with Crippen LogP contribution in [0, 0.1) is 18.8 Å². The molecule has 3 heterocycles. The highest BCUT2D eigenvalue weighted by molar-refractivity contribution is 6.03. The first-order valence-corrected chi connectivity index (χ1v) is 12.4. The van der Waals surface area contributed by atoms with E-state index in [2.05, 4.69) is 30.9 Å². The van der Waals surface area contributed by atoms with E-state index in [1.165, 1.54) is 0 Å². The topological polar surface area (TPSA) is 112 Å². The molecule has 1 fully saturated rings. The number of aromatic nitrogens is 3. The molecule has 2 aromatic rings. The summed E-state index contributed by atoms with van der Waals surface area (Å²) >= 11 is 0. The van der Waals surface area contributed by atoms with Crippen molar-refractivity contribution in [1.29, 1.82) is 0 Å². The molecule has 0 unspecified atom stereocenters. The van der Waals surface area contributed by atoms with Crippen LogP contribution in [0.4, 0.5) is 30.6 Å². The van der Waals surface area contributed by atoms with Gasteiger partial charge in [0.1, 0.15) is 17.4 Å². The van der Waals surface area contributed by atoms with Crippen LogP contribution in [0.15, 0.2) is 18.3 Å². The summed E-state index contributed by atoms with van der Waals surface area (Å²) in [4.78, 5) is 39.4. The largest absolute Gasteiger partial charge is 0.433 e. The second-order valence-electron chi connectivity index (χ2n) is 10.1. The number of nitrogens with zero attached hydrogens (tertiary/aromatic N) is 4. The molecule has 4 rings (SSSR count). The molecule has 1 aliphatic heterocycles. The number of anilines is 3. The van der Waals surface area contributed by atoms with Gasteiger partial charge in [0.2, 0.25) is 11.9 Å². The molecule has 2 amide bonds. The number of hydrogen-bond acceptors (Lipinski definition) is 7. The van der Waals surface area contributed by atoms with E-state index >= 15 is 0 Å². The van der Waals surface area contributed by atoms with Crippen LogP contribution in [0.1, 0.15) is 61.3 Å². The van der Waals surface area contributed by atoms with Gasteiger partial charge in [-0.2, -0.15) is 18.2 Å². The van der Waals surface area contributed by atoms with Crippen LogP contribution in [0.5, 0.6) is 0 Å². The SMILES string of the molecule is Cc1nc(NCC2CCC(NC(=O)c3ccc(C(F)(F)F)nc3)CC2)nc2c1NC(=O)[C@H](C(C)C)N2C. The molecule has 12 heteroatoms. The second-order valence-corrected chi connectivity index (χ2v) is 10.1. The number of fused-ring (bicyclic) bond motifs is 1. The molecule has 0 radical (unpaired) electrons. The summed E-state index contributed by atoms with van der Waals surface area (Å²) in [5.41, 5.74) is 0.414. The van der Waals surface area contributed by atoms with Crippen LogP contribution >= 0.6 is 0 Å². The molecular formula is C25H32F3N7O2. The summed E-state index contributed by atoms with van der Waals surface area (Å²) in [5.74, 6) is 1.20. The number of nitrogens with one attached hydrogen (secondary N) is 3. The van der Waals surface area contributed by atoms with Gasteiger partial charge in [-0.05, 0) is 56.6 Å². The number of pyridine rings is 1. The molecule has 9 nitrogen and oxygen atoms in total. The maximum absolute atomic E-state index is 12.7. The molecule has 3 N–H and O–H groups in total. The van der Waals surface area contributed by atoms with Gasteiger partial charge in [-0.15, -0.1) is 0 Å². The second kappa shape index (κ2) is 10.5. The lowest BCUT2D eigenvalue weighted by atomic mass is 9.86. The summed E-state index contributed by atoms with van der Waals surface area (Å²) in [6.45, 7) is 6.51. The molecule has 37 heavy (non-hydrogen) atoms. The van der Waals surface area contributed by atoms with Gasteiger partial charge in [0.05, 0.1) is 11.3 Å². The zero-order valence-electron chi connectivity index (χ0n) is 21.3. The van der Waals surface area contributed by atoms with Gasteiger partial charge < -0.3 is 20.9 Å². The van der Waals surface area contributed by atoms with Gasteiger partial charge in [-0.3, -0.25) is 14.6 Å². The zero-order chi connectivity index (χ0) is 26.9. The van der Waals surface area contributed by atoms with E-state index in [0.717, 1.165) is 44.0 Å². The molecule has 1 saturated carbocycles. The number of rotatable bonds is 6. The summed E-state index contributed by atoms with van der Waals surface area (Å²) in [6, 6.07) is 1.61. The molecule has 0 saturated heterocycles. The molecule has 1 aliphatic carbocycles. The van der Waals surface area contributed by atoms with E-state index in [0.29, 0.717) is 35.6 Å². The van der Waals surface area contributed by atoms with E-state index in [1.54, 1.807) is 0 Å². The van der Waals surface area contributed by atoms with Crippen molar-refractivity contribution in [2.45, 2.75) is 64.7 Å². The van der Waals surface area contributed by atoms with Crippen molar-refractivity contribution in [3.05, 3.63) is 35.3 Å². The van der Waals surface area contributed by atoms with Gasteiger partial charge in [0.15, 0.2) is 5.82 Å². The highest BCUT2D eigenvalue weighted by atomic mass is 19.4. The molecule has 0 aromatic carbocycles. The minimum atomic E-state index is -4.54. The van der Waals surface area contributed by atoms with Crippen LogP contribution in [0.3, 0.4) is 0 Å². The van der Waals surface area contributed by atoms with Gasteiger partial charge in [0.25, 0.3) is 5.91 Å². The van der Waals surface area contributed by atoms with Crippen molar-refractivity contribution in [2.75, 3.05) is 29.1 Å². The Balaban J connectivity index is 1.29. The van der Waals surface area contributed by atoms with E-state index in [4.69, 9.17) is 0 Å². The van der Waals surface area contributed by atoms with Crippen molar-refractivity contribution in [3.63, 3.8) is 0 Å². The Hall–Kier alpha value is -3.44. The molecule has 2 aliphatic rings. The Bertz CT molecular complexity index is 1150. The molecule has 0 spiro atoms. The molecule has 2 aromatic heterocycles. The van der Waals surface area contributed by atoms with Gasteiger partial charge in [-0.25, -0.2) is 4.98 Å². The summed E-state index contributed by atoms with van der Waals surface area (Å²) in [5, 5.41) is 9.18. The average Bonchev–Trinajstić information content (AvgIpc) is 2.83. The lowest BCUT2D eigenvalue weighted by Gasteiger charge is -2.37. The molecule has 1 atom stereocenters. The predicted molar refractivity (Wildman–Crippen MR) is 133 cm³/mol. The van der Waals surface area contributed by atoms with E-state index in [9.17, 15) is 22.8 Å². The van der Waals surface area contributed by atoms with Gasteiger partial charge in [-0.1, -0.05) is 13.8 Å². The maximum Gasteiger partial charge on any atom is 0.433 e. The van der Waals surface area contributed by atoms with Gasteiger partial charge >= 0.3 is 6.18 Å². The first-order chi connectivity index (χ1) is 17.4. The third kappa shape index (κ3) is 5.94. The predicted octanol–water partition coefficient (Wildman–Crippen LogP) is 4.01. The number of halogens is 3. The molecular weight excluding hydrogens is 487 g/mol. The van der Waals surface area contributed by atoms with Crippen LogP contribution in [-0.4, -0.2) is 52.4 Å². The Morgan fingerprint density at radius 3 is 2.49 bits per heavy atom. The number of likely N-dealkylation sites (N-methyl/N-ethyl adjacent to an activating group) is 1. The van der Waals surface area contributed by atoms with Crippen molar-refractivity contribution < 1.29 is 22.8 Å². The van der Waals surface area contributed by atoms with Crippen LogP contribution in [0.25, 0.3) is 0 Å². The normalized spacial score (nSPS) is 21.9. The number of hydrogen-bond donors (Lipinski definition) is 3. The van der Waals surface area contributed by atoms with Crippen molar-refractivity contribution in [2.24, 2.45) is 11.8 Å². The smallest absolute Gasteiger partial charge is 0.354 e. The molecule has 0 bridgehead atoms. The fourth-order valence-corrected chi connectivity index (χ4v) is 5.00. The first-order valence-electron chi connectivity index (χ1n) is 12.4. The average molecular weight is 520 g/mol. The zero-order valence-corrected chi connectivity index (χ0v) is 21.3. The highest BCUT2D eigenvalue weighted by Gasteiger charge is 2.35. The standard InChI is InChI=1S/C25H32F3N7O2/c1-13(2)20-23(37)33-19-14(3)31-24(34-21(19)35(20)4)30-11-15-5-8-17(9-6-15)32-22(36)16-7-10-18(29-12-16)25(26,27)28/h7,10,12-13,15,17,20H,5-6,8-9,11H2,1-4H3,(H,32,36)(H,33,37)(H,30,31,34)/t15?,17?,20-/m0/s1. The van der Waals surface area contributed by atoms with Crippen LogP contribution in [0.2, 0.25) is 0 Å². The number of amides is 2. The Morgan fingerprint density at radius 1 is 1.19 bits per heavy atom. The number of carbonyl (C=O) groups is 2. The van der Waals surface area contributed by atoms with Crippen LogP contribution < -0.4 is 20.9 Å². The van der Waals surface area contributed by atoms with Gasteiger partial charge in [0, 0.05) is 25.8 Å². The number of carbonyl (C=O) groups excluding carboxylic acids is 2. The lowest BCUT2D eigenvalue weighted by molar-refractivity contribution is -0.141. The molecule has 200 valence electrons. The first kappa shape index (κ1) is 26.6. The summed E-state index contributed by atoms with van der Waals surface area (Å²) in [6.07, 6.45) is -0.299. The minimum Gasteiger partial charge on any atom is -0.354 e. The minimum absolute atomic E-state index is 0.0430. The summed E-state index contributed by atoms with van der Waals surface area (Å²) < 4.78 is 38.0. The van der Waals surface area contributed by atoms with E-state index < -0.39 is 17.8 Å². The lowest BCUT2D eigenvalue weighted by Crippen LogP contribution is -2.49. The number of alkyl halides is 3. The van der Waals surface area contributed by atoms with Crippen molar-refractivity contribution in [1.82, 2.24) is 20.3 Å². The van der Waals surface area contributed by atoms with Crippen molar-refractivity contribution >= 4 is 29.3 Å². The van der Waals surface area contributed by atoms with E-state index in [-0.39, 0.29) is 29.5 Å². The fourth-order valence-electron chi connectivity index (χ4n) is 5.00. The maximum atomic E-state index is 12.7. The Morgan fingerprint density at radius 2 is 1.89 bits per heavy atom. The Labute approximate surface area is 213 Å². The quantitative estimate of drug-likeness (QED) is 0.529. The monoisotopic (exact) mass is 519 g/mol. The fraction of sp³-hybridized carbons (Fsp3) is 0.560. The van der Waals surface area contributed by atoms with Crippen molar-refractivity contribution in [3.8, 4) is 0 Å². The van der Waals surface area contributed by atoms with Crippen LogP contribution in [-0.2, 0) is 11.0 Å². The highest BCUT2D eigenvalue weighted by Crippen LogP contribution is 2.34. The number of aryl methyl sites for hydroxylation is 1. The third-order valence-electron chi connectivity index (χ3n) is 7.02. The Kier molecular flexibility index (Phi) is 7.56. The third-order valence-corrected chi connectivity index (χ3v) is 7.02. The van der Waals surface area contributed by atoms with E-state index in [1.807, 2.05) is 32.7 Å².